The van der Waals surface area contributed by atoms with E-state index >= 15 is 0 Å². The maximum Gasteiger partial charge on any atom is 0.334 e. The summed E-state index contributed by atoms with van der Waals surface area (Å²) in [6.45, 7) is 4.68. The normalized spacial score (nSPS) is 13.8. The largest absolute Gasteiger partial charge is 0.466 e. The number of amides is 2. The van der Waals surface area contributed by atoms with Crippen LogP contribution in [-0.4, -0.2) is 37.0 Å². The van der Waals surface area contributed by atoms with Gasteiger partial charge in [-0.2, -0.15) is 4.39 Å². The molecule has 0 N–H and O–H groups in total. The van der Waals surface area contributed by atoms with E-state index in [4.69, 9.17) is 21.1 Å². The Morgan fingerprint density at radius 1 is 1.07 bits per heavy atom. The molecule has 0 spiro atoms. The summed E-state index contributed by atoms with van der Waals surface area (Å²) in [5, 5.41) is -1.08. The van der Waals surface area contributed by atoms with Crippen LogP contribution in [0.2, 0.25) is 5.02 Å². The van der Waals surface area contributed by atoms with Gasteiger partial charge in [0.15, 0.2) is 0 Å². The van der Waals surface area contributed by atoms with Gasteiger partial charge in [0.25, 0.3) is 5.91 Å². The predicted molar refractivity (Wildman–Crippen MR) is 110 cm³/mol. The van der Waals surface area contributed by atoms with E-state index in [0.717, 1.165) is 6.92 Å². The van der Waals surface area contributed by atoms with E-state index in [9.17, 15) is 23.6 Å². The molecule has 0 unspecified atom stereocenters. The first kappa shape index (κ1) is 24.0. The van der Waals surface area contributed by atoms with E-state index in [1.165, 1.54) is 0 Å². The molecule has 164 valence electrons. The van der Waals surface area contributed by atoms with Crippen molar-refractivity contribution in [2.24, 2.45) is 0 Å². The van der Waals surface area contributed by atoms with E-state index in [1.54, 1.807) is 13.8 Å². The van der Waals surface area contributed by atoms with Crippen LogP contribution in [0.4, 0.5) is 10.1 Å². The van der Waals surface area contributed by atoms with Crippen molar-refractivity contribution < 1.29 is 33.0 Å². The molecular weight excluding hydrogens is 437 g/mol. The van der Waals surface area contributed by atoms with Crippen LogP contribution in [0.5, 0.6) is 0 Å². The first-order valence-corrected chi connectivity index (χ1v) is 10.8. The lowest BCUT2D eigenvalue weighted by atomic mass is 9.90. The third-order valence-electron chi connectivity index (χ3n) is 4.45. The summed E-state index contributed by atoms with van der Waals surface area (Å²) in [5.74, 6) is -2.80. The minimum atomic E-state index is -0.878. The summed E-state index contributed by atoms with van der Waals surface area (Å²) in [6.07, 6.45) is 1.65. The van der Waals surface area contributed by atoms with E-state index in [-0.39, 0.29) is 47.1 Å². The van der Waals surface area contributed by atoms with Gasteiger partial charge in [-0.1, -0.05) is 11.6 Å². The van der Waals surface area contributed by atoms with Gasteiger partial charge in [-0.15, -0.1) is 11.3 Å². The van der Waals surface area contributed by atoms with Crippen molar-refractivity contribution in [2.75, 3.05) is 18.1 Å². The zero-order valence-electron chi connectivity index (χ0n) is 17.0. The van der Waals surface area contributed by atoms with Gasteiger partial charge in [0.2, 0.25) is 11.0 Å². The van der Waals surface area contributed by atoms with Crippen LogP contribution in [0.25, 0.3) is 0 Å². The molecule has 1 aliphatic carbocycles. The van der Waals surface area contributed by atoms with Gasteiger partial charge in [-0.25, -0.2) is 9.69 Å². The number of imide groups is 1. The molecule has 0 bridgehead atoms. The highest BCUT2D eigenvalue weighted by atomic mass is 35.5. The number of anilines is 1. The predicted octanol–water partition coefficient (Wildman–Crippen LogP) is 3.96. The molecule has 2 rings (SSSR count). The van der Waals surface area contributed by atoms with Crippen LogP contribution in [0.1, 0.15) is 51.3 Å². The molecule has 0 fully saturated rings. The molecule has 1 aromatic heterocycles. The monoisotopic (exact) mass is 459 g/mol. The van der Waals surface area contributed by atoms with Crippen LogP contribution in [-0.2, 0) is 35.1 Å². The fourth-order valence-electron chi connectivity index (χ4n) is 3.18. The van der Waals surface area contributed by atoms with Gasteiger partial charge >= 0.3 is 11.9 Å². The van der Waals surface area contributed by atoms with Gasteiger partial charge in [0, 0.05) is 22.9 Å². The molecule has 0 aliphatic heterocycles. The highest BCUT2D eigenvalue weighted by Crippen LogP contribution is 2.41. The number of ether oxygens (including phenoxy) is 2. The SMILES string of the molecule is CCOC(=O)Cc1sc(F)c(N(C(C)=O)C(=O)C2=C(C(=O)OCC)CCCC2)c1Cl. The molecule has 0 saturated heterocycles. The van der Waals surface area contributed by atoms with E-state index < -0.39 is 34.6 Å². The molecule has 1 aromatic rings. The zero-order chi connectivity index (χ0) is 22.4. The Hall–Kier alpha value is -2.26. The summed E-state index contributed by atoms with van der Waals surface area (Å²) >= 11 is 6.82. The van der Waals surface area contributed by atoms with Gasteiger partial charge in [0.05, 0.1) is 24.7 Å². The van der Waals surface area contributed by atoms with Crippen LogP contribution in [0.15, 0.2) is 11.1 Å². The second kappa shape index (κ2) is 10.7. The number of thiophene rings is 1. The number of rotatable bonds is 7. The number of esters is 2. The van der Waals surface area contributed by atoms with E-state index in [1.807, 2.05) is 0 Å². The van der Waals surface area contributed by atoms with Crippen molar-refractivity contribution in [3.05, 3.63) is 26.2 Å². The molecule has 30 heavy (non-hydrogen) atoms. The first-order valence-electron chi connectivity index (χ1n) is 9.59. The number of carbonyl (C=O) groups is 4. The molecule has 0 saturated carbocycles. The van der Waals surface area contributed by atoms with Crippen molar-refractivity contribution in [3.63, 3.8) is 0 Å². The Bertz CT molecular complexity index is 894. The number of halogens is 2. The molecule has 0 atom stereocenters. The third-order valence-corrected chi connectivity index (χ3v) is 5.94. The average molecular weight is 460 g/mol. The lowest BCUT2D eigenvalue weighted by molar-refractivity contribution is -0.142. The Morgan fingerprint density at radius 2 is 1.67 bits per heavy atom. The fourth-order valence-corrected chi connectivity index (χ4v) is 4.47. The van der Waals surface area contributed by atoms with Crippen molar-refractivity contribution in [3.8, 4) is 0 Å². The van der Waals surface area contributed by atoms with Crippen LogP contribution in [0.3, 0.4) is 0 Å². The molecule has 10 heteroatoms. The van der Waals surface area contributed by atoms with Gasteiger partial charge in [-0.3, -0.25) is 14.4 Å². The quantitative estimate of drug-likeness (QED) is 0.573. The Labute approximate surface area is 182 Å². The van der Waals surface area contributed by atoms with Crippen LogP contribution >= 0.6 is 22.9 Å². The minimum absolute atomic E-state index is 0.114. The lowest BCUT2D eigenvalue weighted by Crippen LogP contribution is -2.38. The summed E-state index contributed by atoms with van der Waals surface area (Å²) in [4.78, 5) is 50.3. The molecule has 0 radical (unpaired) electrons. The molecule has 1 heterocycles. The standard InChI is InChI=1S/C20H23ClFNO6S/c1-4-28-15(25)10-14-16(21)17(18(22)30-14)23(11(3)24)19(26)12-8-6-7-9-13(12)20(27)29-5-2/h4-10H2,1-3H3. The smallest absolute Gasteiger partial charge is 0.334 e. The second-order valence-corrected chi connectivity index (χ2v) is 7.92. The number of nitrogens with zero attached hydrogens (tertiary/aromatic N) is 1. The minimum Gasteiger partial charge on any atom is -0.466 e. The van der Waals surface area contributed by atoms with Crippen molar-refractivity contribution in [1.82, 2.24) is 0 Å². The number of hydrogen-bond acceptors (Lipinski definition) is 7. The molecule has 0 aromatic carbocycles. The summed E-state index contributed by atoms with van der Waals surface area (Å²) < 4.78 is 24.6. The molecule has 1 aliphatic rings. The van der Waals surface area contributed by atoms with Gasteiger partial charge < -0.3 is 9.47 Å². The topological polar surface area (TPSA) is 90.0 Å². The molecular formula is C20H23ClFNO6S. The zero-order valence-corrected chi connectivity index (χ0v) is 18.6. The highest BCUT2D eigenvalue weighted by molar-refractivity contribution is 7.11. The maximum absolute atomic E-state index is 14.7. The summed E-state index contributed by atoms with van der Waals surface area (Å²) in [5.41, 5.74) is -0.110. The van der Waals surface area contributed by atoms with Gasteiger partial charge in [-0.05, 0) is 39.5 Å². The van der Waals surface area contributed by atoms with Gasteiger partial charge in [0.1, 0.15) is 5.69 Å². The molecule has 7 nitrogen and oxygen atoms in total. The van der Waals surface area contributed by atoms with Crippen molar-refractivity contribution >= 4 is 52.4 Å². The average Bonchev–Trinajstić information content (AvgIpc) is 2.96. The Balaban J connectivity index is 2.48. The summed E-state index contributed by atoms with van der Waals surface area (Å²) in [6, 6.07) is 0. The maximum atomic E-state index is 14.7. The number of carbonyl (C=O) groups excluding carboxylic acids is 4. The Kier molecular flexibility index (Phi) is 8.54. The molecule has 2 amide bonds. The first-order chi connectivity index (χ1) is 14.2. The van der Waals surface area contributed by atoms with Crippen LogP contribution < -0.4 is 4.90 Å². The number of hydrogen-bond donors (Lipinski definition) is 0. The second-order valence-electron chi connectivity index (χ2n) is 6.49. The summed E-state index contributed by atoms with van der Waals surface area (Å²) in [7, 11) is 0. The Morgan fingerprint density at radius 3 is 2.23 bits per heavy atom. The van der Waals surface area contributed by atoms with E-state index in [2.05, 4.69) is 0 Å². The van der Waals surface area contributed by atoms with Crippen LogP contribution in [0, 0.1) is 5.13 Å². The van der Waals surface area contributed by atoms with E-state index in [0.29, 0.717) is 35.5 Å². The lowest BCUT2D eigenvalue weighted by Gasteiger charge is -2.24. The van der Waals surface area contributed by atoms with Crippen molar-refractivity contribution in [1.29, 1.82) is 0 Å². The third kappa shape index (κ3) is 5.26. The fraction of sp³-hybridized carbons (Fsp3) is 0.500. The highest BCUT2D eigenvalue weighted by Gasteiger charge is 2.35. The van der Waals surface area contributed by atoms with Crippen molar-refractivity contribution in [2.45, 2.75) is 52.9 Å².